The van der Waals surface area contributed by atoms with Crippen molar-refractivity contribution in [2.75, 3.05) is 13.1 Å². The summed E-state index contributed by atoms with van der Waals surface area (Å²) in [6.45, 7) is 6.92. The Bertz CT molecular complexity index is 956. The maximum Gasteiger partial charge on any atom is 0.430 e. The summed E-state index contributed by atoms with van der Waals surface area (Å²) in [6, 6.07) is 27.9. The van der Waals surface area contributed by atoms with Crippen molar-refractivity contribution >= 4 is 29.1 Å². The predicted molar refractivity (Wildman–Crippen MR) is 122 cm³/mol. The van der Waals surface area contributed by atoms with Crippen molar-refractivity contribution in [1.82, 2.24) is 4.90 Å². The molecular weight excluding hydrogens is 379 g/mol. The SMILES string of the molecule is CCN(CC)Cc1ccccc1P(=NC(=O)O)(c1ccccc1)c1ccccc1. The molecule has 1 N–H and O–H groups in total. The molecule has 0 aromatic heterocycles. The Labute approximate surface area is 172 Å². The highest BCUT2D eigenvalue weighted by Gasteiger charge is 2.31. The van der Waals surface area contributed by atoms with Gasteiger partial charge in [0.15, 0.2) is 0 Å². The maximum atomic E-state index is 12.0. The van der Waals surface area contributed by atoms with E-state index < -0.39 is 13.1 Å². The molecule has 0 aliphatic heterocycles. The van der Waals surface area contributed by atoms with Gasteiger partial charge in [-0.3, -0.25) is 4.90 Å². The number of hydrogen-bond donors (Lipinski definition) is 1. The lowest BCUT2D eigenvalue weighted by molar-refractivity contribution is 0.206. The summed E-state index contributed by atoms with van der Waals surface area (Å²) in [4.78, 5) is 14.4. The second-order valence-electron chi connectivity index (χ2n) is 6.78. The normalized spacial score (nSPS) is 11.4. The van der Waals surface area contributed by atoms with Crippen molar-refractivity contribution in [3.05, 3.63) is 90.5 Å². The molecule has 0 atom stereocenters. The number of rotatable bonds is 7. The van der Waals surface area contributed by atoms with Crippen LogP contribution in [0.25, 0.3) is 0 Å². The van der Waals surface area contributed by atoms with Crippen LogP contribution >= 0.6 is 7.05 Å². The summed E-state index contributed by atoms with van der Waals surface area (Å²) in [5.41, 5.74) is 1.13. The minimum atomic E-state index is -2.73. The summed E-state index contributed by atoms with van der Waals surface area (Å²) in [5, 5.41) is 12.7. The number of carboxylic acid groups (broad SMARTS) is 1. The van der Waals surface area contributed by atoms with E-state index in [0.29, 0.717) is 0 Å². The largest absolute Gasteiger partial charge is 0.463 e. The first-order chi connectivity index (χ1) is 14.1. The first-order valence-electron chi connectivity index (χ1n) is 9.89. The van der Waals surface area contributed by atoms with E-state index in [0.717, 1.165) is 41.1 Å². The third-order valence-corrected chi connectivity index (χ3v) is 8.82. The molecule has 0 saturated carbocycles. The van der Waals surface area contributed by atoms with Gasteiger partial charge in [-0.2, -0.15) is 4.74 Å². The predicted octanol–water partition coefficient (Wildman–Crippen LogP) is 4.68. The lowest BCUT2D eigenvalue weighted by Crippen LogP contribution is -2.31. The van der Waals surface area contributed by atoms with E-state index in [4.69, 9.17) is 0 Å². The van der Waals surface area contributed by atoms with Crippen LogP contribution in [-0.4, -0.2) is 29.2 Å². The van der Waals surface area contributed by atoms with E-state index in [1.807, 2.05) is 72.8 Å². The number of hydrogen-bond acceptors (Lipinski definition) is 2. The molecule has 3 rings (SSSR count). The summed E-state index contributed by atoms with van der Waals surface area (Å²) >= 11 is 0. The fourth-order valence-corrected chi connectivity index (χ4v) is 7.18. The standard InChI is InChI=1S/C24H27N2O2P/c1-3-26(4-2)19-20-13-11-12-18-23(20)29(25-24(27)28,21-14-7-5-8-15-21)22-16-9-6-10-17-22/h5-18H,3-4,19H2,1-2H3,(H,27,28). The molecule has 0 radical (unpaired) electrons. The Kier molecular flexibility index (Phi) is 7.03. The average Bonchev–Trinajstić information content (AvgIpc) is 2.77. The molecule has 4 nitrogen and oxygen atoms in total. The Morgan fingerprint density at radius 1 is 0.828 bits per heavy atom. The van der Waals surface area contributed by atoms with Gasteiger partial charge < -0.3 is 5.11 Å². The first kappa shape index (κ1) is 21.0. The molecule has 1 amide bonds. The number of amides is 1. The zero-order chi connectivity index (χ0) is 20.7. The van der Waals surface area contributed by atoms with Crippen LogP contribution in [0.2, 0.25) is 0 Å². The second-order valence-corrected chi connectivity index (χ2v) is 9.76. The molecule has 0 aliphatic carbocycles. The molecule has 150 valence electrons. The lowest BCUT2D eigenvalue weighted by Gasteiger charge is -2.29. The average molecular weight is 406 g/mol. The van der Waals surface area contributed by atoms with E-state index in [-0.39, 0.29) is 0 Å². The van der Waals surface area contributed by atoms with Crippen molar-refractivity contribution in [3.63, 3.8) is 0 Å². The van der Waals surface area contributed by atoms with Crippen LogP contribution in [0.15, 0.2) is 89.7 Å². The minimum absolute atomic E-state index is 0.764. The number of carbonyl (C=O) groups is 1. The van der Waals surface area contributed by atoms with Crippen LogP contribution in [0.5, 0.6) is 0 Å². The van der Waals surface area contributed by atoms with E-state index in [2.05, 4.69) is 35.6 Å². The Hall–Kier alpha value is -2.68. The van der Waals surface area contributed by atoms with Crippen LogP contribution in [0, 0.1) is 0 Å². The van der Waals surface area contributed by atoms with Crippen molar-refractivity contribution in [2.24, 2.45) is 4.74 Å². The zero-order valence-electron chi connectivity index (χ0n) is 16.9. The van der Waals surface area contributed by atoms with Crippen LogP contribution in [0.4, 0.5) is 4.79 Å². The van der Waals surface area contributed by atoms with Gasteiger partial charge in [-0.05, 0) is 18.7 Å². The molecule has 0 spiro atoms. The van der Waals surface area contributed by atoms with Crippen LogP contribution in [0.3, 0.4) is 0 Å². The quantitative estimate of drug-likeness (QED) is 0.580. The molecule has 0 unspecified atom stereocenters. The molecule has 29 heavy (non-hydrogen) atoms. The smallest absolute Gasteiger partial charge is 0.430 e. The molecule has 3 aromatic carbocycles. The highest BCUT2D eigenvalue weighted by molar-refractivity contribution is 7.87. The van der Waals surface area contributed by atoms with Crippen LogP contribution in [-0.2, 0) is 6.54 Å². The summed E-state index contributed by atoms with van der Waals surface area (Å²) in [7, 11) is -2.73. The second kappa shape index (κ2) is 9.69. The topological polar surface area (TPSA) is 52.9 Å². The summed E-state index contributed by atoms with van der Waals surface area (Å²) < 4.78 is 4.45. The fraction of sp³-hybridized carbons (Fsp3) is 0.208. The van der Waals surface area contributed by atoms with Crippen molar-refractivity contribution in [1.29, 1.82) is 0 Å². The molecular formula is C24H27N2O2P. The fourth-order valence-electron chi connectivity index (χ4n) is 3.66. The highest BCUT2D eigenvalue weighted by Crippen LogP contribution is 2.47. The zero-order valence-corrected chi connectivity index (χ0v) is 17.8. The lowest BCUT2D eigenvalue weighted by atomic mass is 10.2. The summed E-state index contributed by atoms with van der Waals surface area (Å²) in [5.74, 6) is 0. The molecule has 5 heteroatoms. The number of nitrogens with zero attached hydrogens (tertiary/aromatic N) is 2. The van der Waals surface area contributed by atoms with Gasteiger partial charge in [0.25, 0.3) is 0 Å². The third kappa shape index (κ3) is 4.50. The van der Waals surface area contributed by atoms with Gasteiger partial charge >= 0.3 is 6.09 Å². The molecule has 0 aliphatic rings. The van der Waals surface area contributed by atoms with Crippen molar-refractivity contribution in [2.45, 2.75) is 20.4 Å². The number of benzene rings is 3. The van der Waals surface area contributed by atoms with E-state index in [9.17, 15) is 9.90 Å². The monoisotopic (exact) mass is 406 g/mol. The first-order valence-corrected chi connectivity index (χ1v) is 11.6. The Morgan fingerprint density at radius 3 is 1.79 bits per heavy atom. The molecule has 3 aromatic rings. The van der Waals surface area contributed by atoms with Gasteiger partial charge in [-0.25, -0.2) is 4.79 Å². The highest BCUT2D eigenvalue weighted by atomic mass is 31.2. The Balaban J connectivity index is 2.38. The molecule has 0 bridgehead atoms. The van der Waals surface area contributed by atoms with Gasteiger partial charge in [0.1, 0.15) is 0 Å². The summed E-state index contributed by atoms with van der Waals surface area (Å²) in [6.07, 6.45) is -1.14. The van der Waals surface area contributed by atoms with Gasteiger partial charge in [0.05, 0.1) is 7.05 Å². The third-order valence-electron chi connectivity index (χ3n) is 5.12. The molecule has 0 saturated heterocycles. The van der Waals surface area contributed by atoms with E-state index in [1.54, 1.807) is 0 Å². The van der Waals surface area contributed by atoms with Crippen molar-refractivity contribution < 1.29 is 9.90 Å². The Morgan fingerprint density at radius 2 is 1.31 bits per heavy atom. The minimum Gasteiger partial charge on any atom is -0.463 e. The van der Waals surface area contributed by atoms with Crippen LogP contribution in [0.1, 0.15) is 19.4 Å². The molecule has 0 fully saturated rings. The van der Waals surface area contributed by atoms with Crippen LogP contribution < -0.4 is 15.9 Å². The maximum absolute atomic E-state index is 12.0. The van der Waals surface area contributed by atoms with Gasteiger partial charge in [-0.15, -0.1) is 0 Å². The van der Waals surface area contributed by atoms with E-state index >= 15 is 0 Å². The molecule has 0 heterocycles. The van der Waals surface area contributed by atoms with Crippen molar-refractivity contribution in [3.8, 4) is 0 Å². The van der Waals surface area contributed by atoms with Gasteiger partial charge in [0, 0.05) is 22.5 Å². The van der Waals surface area contributed by atoms with Gasteiger partial charge in [-0.1, -0.05) is 98.8 Å². The van der Waals surface area contributed by atoms with E-state index in [1.165, 1.54) is 0 Å². The van der Waals surface area contributed by atoms with Gasteiger partial charge in [0.2, 0.25) is 0 Å².